The summed E-state index contributed by atoms with van der Waals surface area (Å²) in [5.74, 6) is 3.62. The van der Waals surface area contributed by atoms with Crippen LogP contribution in [0.15, 0.2) is 12.3 Å². The SMILES string of the molecule is CCCNCc1cnc(N2CCSCC2)c(C)c1. The fourth-order valence-corrected chi connectivity index (χ4v) is 3.14. The van der Waals surface area contributed by atoms with Gasteiger partial charge in [-0.15, -0.1) is 0 Å². The molecule has 3 nitrogen and oxygen atoms in total. The predicted octanol–water partition coefficient (Wildman–Crippen LogP) is 2.44. The third-order valence-corrected chi connectivity index (χ3v) is 4.12. The first-order valence-corrected chi connectivity index (χ1v) is 7.95. The van der Waals surface area contributed by atoms with Crippen LogP contribution in [0.2, 0.25) is 0 Å². The molecule has 0 saturated carbocycles. The average molecular weight is 265 g/mol. The molecule has 0 bridgehead atoms. The molecule has 0 aliphatic carbocycles. The Morgan fingerprint density at radius 1 is 1.39 bits per heavy atom. The van der Waals surface area contributed by atoms with E-state index in [0.29, 0.717) is 0 Å². The van der Waals surface area contributed by atoms with Gasteiger partial charge in [-0.25, -0.2) is 4.98 Å². The molecule has 1 aromatic heterocycles. The van der Waals surface area contributed by atoms with E-state index in [1.807, 2.05) is 18.0 Å². The van der Waals surface area contributed by atoms with Gasteiger partial charge in [0.05, 0.1) is 0 Å². The first-order valence-electron chi connectivity index (χ1n) is 6.80. The fourth-order valence-electron chi connectivity index (χ4n) is 2.24. The lowest BCUT2D eigenvalue weighted by Crippen LogP contribution is -2.33. The lowest BCUT2D eigenvalue weighted by molar-refractivity contribution is 0.673. The molecule has 0 spiro atoms. The van der Waals surface area contributed by atoms with E-state index in [9.17, 15) is 0 Å². The Morgan fingerprint density at radius 3 is 2.83 bits per heavy atom. The second-order valence-electron chi connectivity index (χ2n) is 4.76. The highest BCUT2D eigenvalue weighted by atomic mass is 32.2. The summed E-state index contributed by atoms with van der Waals surface area (Å²) in [5.41, 5.74) is 2.59. The zero-order chi connectivity index (χ0) is 12.8. The van der Waals surface area contributed by atoms with Crippen molar-refractivity contribution in [3.63, 3.8) is 0 Å². The second-order valence-corrected chi connectivity index (χ2v) is 5.99. The van der Waals surface area contributed by atoms with E-state index in [0.717, 1.165) is 26.2 Å². The summed E-state index contributed by atoms with van der Waals surface area (Å²) in [5, 5.41) is 3.42. The molecule has 0 aromatic carbocycles. The lowest BCUT2D eigenvalue weighted by Gasteiger charge is -2.28. The average Bonchev–Trinajstić information content (AvgIpc) is 2.40. The molecule has 1 N–H and O–H groups in total. The molecule has 0 amide bonds. The molecule has 1 fully saturated rings. The van der Waals surface area contributed by atoms with Gasteiger partial charge in [-0.1, -0.05) is 6.92 Å². The highest BCUT2D eigenvalue weighted by Gasteiger charge is 2.14. The van der Waals surface area contributed by atoms with Crippen LogP contribution < -0.4 is 10.2 Å². The molecule has 1 aromatic rings. The molecule has 1 aliphatic heterocycles. The van der Waals surface area contributed by atoms with Crippen molar-refractivity contribution >= 4 is 17.6 Å². The van der Waals surface area contributed by atoms with Crippen molar-refractivity contribution in [3.05, 3.63) is 23.4 Å². The standard InChI is InChI=1S/C14H23N3S/c1-3-4-15-10-13-9-12(2)14(16-11-13)17-5-7-18-8-6-17/h9,11,15H,3-8,10H2,1-2H3. The van der Waals surface area contributed by atoms with Gasteiger partial charge >= 0.3 is 0 Å². The van der Waals surface area contributed by atoms with Crippen molar-refractivity contribution in [1.29, 1.82) is 0 Å². The van der Waals surface area contributed by atoms with Crippen LogP contribution in [0.1, 0.15) is 24.5 Å². The largest absolute Gasteiger partial charge is 0.355 e. The zero-order valence-electron chi connectivity index (χ0n) is 11.4. The van der Waals surface area contributed by atoms with E-state index < -0.39 is 0 Å². The van der Waals surface area contributed by atoms with Crippen molar-refractivity contribution in [1.82, 2.24) is 10.3 Å². The Morgan fingerprint density at radius 2 is 2.17 bits per heavy atom. The molecule has 1 aliphatic rings. The van der Waals surface area contributed by atoms with Crippen LogP contribution in [0.4, 0.5) is 5.82 Å². The van der Waals surface area contributed by atoms with Gasteiger partial charge in [0.2, 0.25) is 0 Å². The molecule has 1 saturated heterocycles. The second kappa shape index (κ2) is 7.00. The number of nitrogens with one attached hydrogen (secondary N) is 1. The molecule has 4 heteroatoms. The van der Waals surface area contributed by atoms with Crippen LogP contribution in [-0.2, 0) is 6.54 Å². The normalized spacial score (nSPS) is 16.0. The summed E-state index contributed by atoms with van der Waals surface area (Å²) in [6.45, 7) is 8.63. The Labute approximate surface area is 114 Å². The van der Waals surface area contributed by atoms with Crippen LogP contribution in [0, 0.1) is 6.92 Å². The van der Waals surface area contributed by atoms with Crippen molar-refractivity contribution < 1.29 is 0 Å². The predicted molar refractivity (Wildman–Crippen MR) is 80.5 cm³/mol. The van der Waals surface area contributed by atoms with Crippen LogP contribution in [0.25, 0.3) is 0 Å². The number of thioether (sulfide) groups is 1. The first kappa shape index (κ1) is 13.7. The Kier molecular flexibility index (Phi) is 5.32. The van der Waals surface area contributed by atoms with Gasteiger partial charge < -0.3 is 10.2 Å². The molecule has 0 atom stereocenters. The lowest BCUT2D eigenvalue weighted by atomic mass is 10.2. The van der Waals surface area contributed by atoms with Gasteiger partial charge in [0.25, 0.3) is 0 Å². The smallest absolute Gasteiger partial charge is 0.131 e. The third kappa shape index (κ3) is 3.62. The number of hydrogen-bond donors (Lipinski definition) is 1. The summed E-state index contributed by atoms with van der Waals surface area (Å²) in [4.78, 5) is 7.07. The number of aryl methyl sites for hydroxylation is 1. The maximum absolute atomic E-state index is 4.66. The summed E-state index contributed by atoms with van der Waals surface area (Å²) >= 11 is 2.04. The zero-order valence-corrected chi connectivity index (χ0v) is 12.2. The van der Waals surface area contributed by atoms with Gasteiger partial charge in [0.1, 0.15) is 5.82 Å². The Hall–Kier alpha value is -0.740. The maximum Gasteiger partial charge on any atom is 0.131 e. The summed E-state index contributed by atoms with van der Waals surface area (Å²) in [7, 11) is 0. The minimum Gasteiger partial charge on any atom is -0.355 e. The number of hydrogen-bond acceptors (Lipinski definition) is 4. The quantitative estimate of drug-likeness (QED) is 0.828. The van der Waals surface area contributed by atoms with E-state index in [4.69, 9.17) is 0 Å². The molecule has 100 valence electrons. The number of rotatable bonds is 5. The van der Waals surface area contributed by atoms with Gasteiger partial charge in [-0.3, -0.25) is 0 Å². The van der Waals surface area contributed by atoms with E-state index in [1.54, 1.807) is 0 Å². The fraction of sp³-hybridized carbons (Fsp3) is 0.643. The summed E-state index contributed by atoms with van der Waals surface area (Å²) in [6, 6.07) is 2.27. The molecular weight excluding hydrogens is 242 g/mol. The number of pyridine rings is 1. The van der Waals surface area contributed by atoms with Gasteiger partial charge in [0, 0.05) is 37.3 Å². The molecule has 18 heavy (non-hydrogen) atoms. The number of anilines is 1. The van der Waals surface area contributed by atoms with E-state index >= 15 is 0 Å². The topological polar surface area (TPSA) is 28.2 Å². The minimum absolute atomic E-state index is 0.928. The molecule has 2 rings (SSSR count). The van der Waals surface area contributed by atoms with Crippen LogP contribution in [0.3, 0.4) is 0 Å². The van der Waals surface area contributed by atoms with E-state index in [1.165, 1.54) is 34.9 Å². The third-order valence-electron chi connectivity index (χ3n) is 3.17. The highest BCUT2D eigenvalue weighted by Crippen LogP contribution is 2.21. The van der Waals surface area contributed by atoms with Gasteiger partial charge in [-0.2, -0.15) is 11.8 Å². The van der Waals surface area contributed by atoms with Crippen molar-refractivity contribution in [3.8, 4) is 0 Å². The van der Waals surface area contributed by atoms with Gasteiger partial charge in [-0.05, 0) is 37.1 Å². The highest BCUT2D eigenvalue weighted by molar-refractivity contribution is 7.99. The van der Waals surface area contributed by atoms with Crippen LogP contribution >= 0.6 is 11.8 Å². The molecule has 2 heterocycles. The molecule has 0 unspecified atom stereocenters. The summed E-state index contributed by atoms with van der Waals surface area (Å²) in [6.07, 6.45) is 3.20. The monoisotopic (exact) mass is 265 g/mol. The number of nitrogens with zero attached hydrogens (tertiary/aromatic N) is 2. The Balaban J connectivity index is 2.00. The van der Waals surface area contributed by atoms with Crippen LogP contribution in [-0.4, -0.2) is 36.1 Å². The van der Waals surface area contributed by atoms with Crippen molar-refractivity contribution in [2.24, 2.45) is 0 Å². The molecule has 0 radical (unpaired) electrons. The Bertz CT molecular complexity index is 375. The first-order chi connectivity index (χ1) is 8.81. The number of aromatic nitrogens is 1. The van der Waals surface area contributed by atoms with Crippen molar-refractivity contribution in [2.45, 2.75) is 26.8 Å². The van der Waals surface area contributed by atoms with Gasteiger partial charge in [0.15, 0.2) is 0 Å². The van der Waals surface area contributed by atoms with E-state index in [-0.39, 0.29) is 0 Å². The van der Waals surface area contributed by atoms with E-state index in [2.05, 4.69) is 35.1 Å². The minimum atomic E-state index is 0.928. The molecular formula is C14H23N3S. The maximum atomic E-state index is 4.66. The van der Waals surface area contributed by atoms with Crippen LogP contribution in [0.5, 0.6) is 0 Å². The summed E-state index contributed by atoms with van der Waals surface area (Å²) < 4.78 is 0. The van der Waals surface area contributed by atoms with Crippen molar-refractivity contribution in [2.75, 3.05) is 36.0 Å².